The molecule has 1 atom stereocenters. The van der Waals surface area contributed by atoms with Crippen molar-refractivity contribution in [2.24, 2.45) is 0 Å². The summed E-state index contributed by atoms with van der Waals surface area (Å²) in [7, 11) is 0. The van der Waals surface area contributed by atoms with Crippen LogP contribution in [0.4, 0.5) is 8.78 Å². The molecule has 0 aliphatic rings. The lowest BCUT2D eigenvalue weighted by atomic mass is 9.97. The van der Waals surface area contributed by atoms with E-state index < -0.39 is 18.4 Å². The largest absolute Gasteiger partial charge is 0.382 e. The van der Waals surface area contributed by atoms with Crippen molar-refractivity contribution in [1.29, 1.82) is 0 Å². The minimum absolute atomic E-state index is 0.204. The van der Waals surface area contributed by atoms with Crippen molar-refractivity contribution in [3.8, 4) is 0 Å². The topological polar surface area (TPSA) is 20.2 Å². The van der Waals surface area contributed by atoms with E-state index in [2.05, 4.69) is 31.9 Å². The van der Waals surface area contributed by atoms with Gasteiger partial charge in [-0.2, -0.15) is 0 Å². The summed E-state index contributed by atoms with van der Waals surface area (Å²) in [6.45, 7) is 0. The van der Waals surface area contributed by atoms with Gasteiger partial charge in [0.1, 0.15) is 6.10 Å². The smallest absolute Gasteiger partial charge is 0.281 e. The van der Waals surface area contributed by atoms with E-state index in [-0.39, 0.29) is 5.56 Å². The van der Waals surface area contributed by atoms with E-state index >= 15 is 0 Å². The van der Waals surface area contributed by atoms with Crippen LogP contribution in [-0.2, 0) is 6.42 Å². The minimum Gasteiger partial charge on any atom is -0.382 e. The maximum absolute atomic E-state index is 14.1. The highest BCUT2D eigenvalue weighted by Gasteiger charge is 2.39. The normalized spacial score (nSPS) is 13.2. The molecule has 2 aromatic carbocycles. The lowest BCUT2D eigenvalue weighted by Gasteiger charge is -2.23. The predicted octanol–water partition coefficient (Wildman–Crippen LogP) is 5.12. The molecule has 0 saturated carbocycles. The van der Waals surface area contributed by atoms with E-state index in [0.717, 1.165) is 8.95 Å². The van der Waals surface area contributed by atoms with Crippen LogP contribution in [0.3, 0.4) is 0 Å². The Bertz CT molecular complexity index is 567. The van der Waals surface area contributed by atoms with E-state index in [1.165, 1.54) is 12.1 Å². The lowest BCUT2D eigenvalue weighted by Crippen LogP contribution is -2.28. The molecule has 20 heavy (non-hydrogen) atoms. The van der Waals surface area contributed by atoms with Gasteiger partial charge in [-0.25, -0.2) is 8.78 Å². The number of hydrogen-bond acceptors (Lipinski definition) is 1. The summed E-state index contributed by atoms with van der Waals surface area (Å²) in [5.74, 6) is -3.22. The summed E-state index contributed by atoms with van der Waals surface area (Å²) >= 11 is 6.49. The molecule has 0 heterocycles. The van der Waals surface area contributed by atoms with Crippen molar-refractivity contribution in [2.45, 2.75) is 18.4 Å². The molecule has 0 spiro atoms. The van der Waals surface area contributed by atoms with Gasteiger partial charge in [0.2, 0.25) is 0 Å². The Morgan fingerprint density at radius 3 is 1.85 bits per heavy atom. The third-order valence-electron chi connectivity index (χ3n) is 2.94. The van der Waals surface area contributed by atoms with Gasteiger partial charge >= 0.3 is 0 Å². The van der Waals surface area contributed by atoms with E-state index in [9.17, 15) is 13.9 Å². The molecule has 0 aromatic heterocycles. The Hall–Kier alpha value is -0.780. The van der Waals surface area contributed by atoms with E-state index in [1.54, 1.807) is 36.4 Å². The van der Waals surface area contributed by atoms with E-state index in [4.69, 9.17) is 0 Å². The van der Waals surface area contributed by atoms with Gasteiger partial charge in [-0.15, -0.1) is 0 Å². The van der Waals surface area contributed by atoms with Crippen molar-refractivity contribution < 1.29 is 13.9 Å². The van der Waals surface area contributed by atoms with Crippen LogP contribution in [0.25, 0.3) is 0 Å². The Labute approximate surface area is 132 Å². The summed E-state index contributed by atoms with van der Waals surface area (Å²) < 4.78 is 29.8. The molecule has 0 aliphatic carbocycles. The molecule has 1 N–H and O–H groups in total. The number of halogens is 4. The van der Waals surface area contributed by atoms with E-state index in [1.807, 2.05) is 0 Å². The second-order valence-corrected chi connectivity index (χ2v) is 6.35. The summed E-state index contributed by atoms with van der Waals surface area (Å²) in [6.07, 6.45) is -2.32. The second kappa shape index (κ2) is 6.33. The minimum atomic E-state index is -3.22. The van der Waals surface area contributed by atoms with Crippen LogP contribution in [0.1, 0.15) is 17.2 Å². The van der Waals surface area contributed by atoms with Gasteiger partial charge in [0, 0.05) is 15.4 Å². The van der Waals surface area contributed by atoms with Crippen molar-refractivity contribution in [2.75, 3.05) is 0 Å². The molecule has 0 aliphatic heterocycles. The van der Waals surface area contributed by atoms with Crippen LogP contribution in [0, 0.1) is 0 Å². The SMILES string of the molecule is OC(c1ccc(Br)cc1)C(F)(F)Cc1ccc(Br)cc1. The highest BCUT2D eigenvalue weighted by atomic mass is 79.9. The standard InChI is InChI=1S/C15H12Br2F2O/c16-12-5-1-10(2-6-12)9-15(18,19)14(20)11-3-7-13(17)8-4-11/h1-8,14,20H,9H2. The molecule has 2 aromatic rings. The molecule has 106 valence electrons. The first-order valence-electron chi connectivity index (χ1n) is 5.94. The molecular formula is C15H12Br2F2O. The zero-order valence-corrected chi connectivity index (χ0v) is 13.5. The molecule has 2 rings (SSSR count). The van der Waals surface area contributed by atoms with Crippen LogP contribution in [0.5, 0.6) is 0 Å². The van der Waals surface area contributed by atoms with Crippen LogP contribution in [0.15, 0.2) is 57.5 Å². The maximum Gasteiger partial charge on any atom is 0.281 e. The zero-order valence-electron chi connectivity index (χ0n) is 10.4. The first-order valence-corrected chi connectivity index (χ1v) is 7.53. The van der Waals surface area contributed by atoms with Gasteiger partial charge in [-0.05, 0) is 35.4 Å². The van der Waals surface area contributed by atoms with Gasteiger partial charge in [-0.3, -0.25) is 0 Å². The third-order valence-corrected chi connectivity index (χ3v) is 4.00. The molecule has 5 heteroatoms. The average molecular weight is 406 g/mol. The summed E-state index contributed by atoms with van der Waals surface area (Å²) in [6, 6.07) is 12.9. The van der Waals surface area contributed by atoms with Gasteiger partial charge < -0.3 is 5.11 Å². The fourth-order valence-corrected chi connectivity index (χ4v) is 2.39. The molecule has 1 nitrogen and oxygen atoms in total. The molecule has 0 fully saturated rings. The molecule has 0 saturated heterocycles. The van der Waals surface area contributed by atoms with Crippen LogP contribution < -0.4 is 0 Å². The quantitative estimate of drug-likeness (QED) is 0.748. The number of aliphatic hydroxyl groups excluding tert-OH is 1. The lowest BCUT2D eigenvalue weighted by molar-refractivity contribution is -0.109. The van der Waals surface area contributed by atoms with Crippen molar-refractivity contribution in [1.82, 2.24) is 0 Å². The van der Waals surface area contributed by atoms with Crippen molar-refractivity contribution >= 4 is 31.9 Å². The molecular weight excluding hydrogens is 394 g/mol. The molecule has 0 amide bonds. The fraction of sp³-hybridized carbons (Fsp3) is 0.200. The Kier molecular flexibility index (Phi) is 4.94. The first-order chi connectivity index (χ1) is 9.38. The van der Waals surface area contributed by atoms with Gasteiger partial charge in [0.15, 0.2) is 0 Å². The number of aliphatic hydroxyl groups is 1. The Balaban J connectivity index is 2.16. The fourth-order valence-electron chi connectivity index (χ4n) is 1.86. The van der Waals surface area contributed by atoms with Crippen molar-refractivity contribution in [3.63, 3.8) is 0 Å². The highest BCUT2D eigenvalue weighted by molar-refractivity contribution is 9.10. The van der Waals surface area contributed by atoms with Crippen LogP contribution in [-0.4, -0.2) is 11.0 Å². The van der Waals surface area contributed by atoms with Crippen LogP contribution in [0.2, 0.25) is 0 Å². The van der Waals surface area contributed by atoms with Gasteiger partial charge in [-0.1, -0.05) is 56.1 Å². The number of rotatable bonds is 4. The summed E-state index contributed by atoms with van der Waals surface area (Å²) in [5, 5.41) is 9.88. The third kappa shape index (κ3) is 3.87. The number of hydrogen-bond donors (Lipinski definition) is 1. The monoisotopic (exact) mass is 404 g/mol. The highest BCUT2D eigenvalue weighted by Crippen LogP contribution is 2.35. The Morgan fingerprint density at radius 1 is 0.900 bits per heavy atom. The van der Waals surface area contributed by atoms with Crippen molar-refractivity contribution in [3.05, 3.63) is 68.6 Å². The number of benzene rings is 2. The van der Waals surface area contributed by atoms with Gasteiger partial charge in [0.05, 0.1) is 0 Å². The predicted molar refractivity (Wildman–Crippen MR) is 81.9 cm³/mol. The summed E-state index contributed by atoms with van der Waals surface area (Å²) in [4.78, 5) is 0. The van der Waals surface area contributed by atoms with Crippen LogP contribution >= 0.6 is 31.9 Å². The van der Waals surface area contributed by atoms with E-state index in [0.29, 0.717) is 5.56 Å². The second-order valence-electron chi connectivity index (χ2n) is 4.52. The van der Waals surface area contributed by atoms with Gasteiger partial charge in [0.25, 0.3) is 5.92 Å². The molecule has 0 radical (unpaired) electrons. The molecule has 0 bridgehead atoms. The average Bonchev–Trinajstić information content (AvgIpc) is 2.41. The first kappa shape index (κ1) is 15.6. The molecule has 1 unspecified atom stereocenters. The zero-order chi connectivity index (χ0) is 14.8. The maximum atomic E-state index is 14.1. The Morgan fingerprint density at radius 2 is 1.35 bits per heavy atom. The summed E-state index contributed by atoms with van der Waals surface area (Å²) in [5.41, 5.74) is 0.685. The number of alkyl halides is 2.